The van der Waals surface area contributed by atoms with Crippen molar-refractivity contribution in [1.29, 1.82) is 0 Å². The predicted octanol–water partition coefficient (Wildman–Crippen LogP) is 13.1. The van der Waals surface area contributed by atoms with Gasteiger partial charge in [0.25, 0.3) is 0 Å². The van der Waals surface area contributed by atoms with E-state index in [-0.39, 0.29) is 10.8 Å². The van der Waals surface area contributed by atoms with Gasteiger partial charge in [-0.2, -0.15) is 0 Å². The molecule has 0 aliphatic heterocycles. The highest BCUT2D eigenvalue weighted by Crippen LogP contribution is 2.55. The summed E-state index contributed by atoms with van der Waals surface area (Å²) in [4.78, 5) is 2.46. The zero-order valence-corrected chi connectivity index (χ0v) is 28.5. The SMILES string of the molecule is CC1(C)c2ccccc2-c2ccc(-c3ccccc3N(c3ccccc3)c3ccccc3-c3cccc4c3C(C)(C)c3ccccc3-4)cc21. The van der Waals surface area contributed by atoms with E-state index in [1.165, 1.54) is 66.8 Å². The van der Waals surface area contributed by atoms with Crippen molar-refractivity contribution in [2.75, 3.05) is 4.90 Å². The van der Waals surface area contributed by atoms with E-state index in [2.05, 4.69) is 196 Å². The van der Waals surface area contributed by atoms with E-state index in [1.807, 2.05) is 0 Å². The molecule has 0 fully saturated rings. The minimum Gasteiger partial charge on any atom is -0.309 e. The maximum atomic E-state index is 2.46. The second-order valence-corrected chi connectivity index (χ2v) is 14.5. The van der Waals surface area contributed by atoms with Crippen LogP contribution in [0.15, 0.2) is 164 Å². The molecule has 0 radical (unpaired) electrons. The number of para-hydroxylation sites is 3. The van der Waals surface area contributed by atoms with E-state index >= 15 is 0 Å². The molecule has 49 heavy (non-hydrogen) atoms. The van der Waals surface area contributed by atoms with Crippen molar-refractivity contribution < 1.29 is 0 Å². The third-order valence-corrected chi connectivity index (χ3v) is 11.1. The van der Waals surface area contributed by atoms with E-state index in [1.54, 1.807) is 0 Å². The molecule has 0 unspecified atom stereocenters. The summed E-state index contributed by atoms with van der Waals surface area (Å²) in [5.74, 6) is 0. The summed E-state index contributed by atoms with van der Waals surface area (Å²) in [6.45, 7) is 9.47. The van der Waals surface area contributed by atoms with Crippen LogP contribution in [0.1, 0.15) is 49.9 Å². The lowest BCUT2D eigenvalue weighted by molar-refractivity contribution is 0.660. The van der Waals surface area contributed by atoms with E-state index in [4.69, 9.17) is 0 Å². The van der Waals surface area contributed by atoms with Crippen LogP contribution >= 0.6 is 0 Å². The van der Waals surface area contributed by atoms with Gasteiger partial charge >= 0.3 is 0 Å². The maximum Gasteiger partial charge on any atom is 0.0540 e. The number of benzene rings is 7. The average Bonchev–Trinajstić information content (AvgIpc) is 3.52. The molecule has 7 aromatic rings. The molecule has 7 aromatic carbocycles. The summed E-state index contributed by atoms with van der Waals surface area (Å²) in [6.07, 6.45) is 0. The monoisotopic (exact) mass is 629 g/mol. The standard InChI is InChI=1S/C48H39N/c1-47(2)41-25-12-8-20-35(41)37-30-29-32(31-43(37)47)34-19-10-14-27-44(34)49(33-17-6-5-7-18-33)45-28-15-11-22-38(45)40-24-16-23-39-36-21-9-13-26-42(36)48(3,4)46(39)40/h5-31H,1-4H3. The number of anilines is 3. The summed E-state index contributed by atoms with van der Waals surface area (Å²) in [6, 6.07) is 60.4. The quantitative estimate of drug-likeness (QED) is 0.183. The molecule has 0 atom stereocenters. The van der Waals surface area contributed by atoms with Crippen molar-refractivity contribution in [3.63, 3.8) is 0 Å². The lowest BCUT2D eigenvalue weighted by atomic mass is 9.78. The highest BCUT2D eigenvalue weighted by molar-refractivity contribution is 5.97. The van der Waals surface area contributed by atoms with Gasteiger partial charge in [0.1, 0.15) is 0 Å². The number of fused-ring (bicyclic) bond motifs is 6. The first-order valence-electron chi connectivity index (χ1n) is 17.4. The Morgan fingerprint density at radius 3 is 1.51 bits per heavy atom. The van der Waals surface area contributed by atoms with E-state index in [9.17, 15) is 0 Å². The molecule has 0 N–H and O–H groups in total. The van der Waals surface area contributed by atoms with Gasteiger partial charge in [-0.15, -0.1) is 0 Å². The van der Waals surface area contributed by atoms with Gasteiger partial charge in [0.2, 0.25) is 0 Å². The molecule has 236 valence electrons. The fourth-order valence-corrected chi connectivity index (χ4v) is 8.74. The minimum absolute atomic E-state index is 0.0688. The van der Waals surface area contributed by atoms with Crippen LogP contribution in [-0.4, -0.2) is 0 Å². The molecular weight excluding hydrogens is 591 g/mol. The second kappa shape index (κ2) is 10.9. The molecule has 0 saturated carbocycles. The van der Waals surface area contributed by atoms with Crippen molar-refractivity contribution >= 4 is 17.1 Å². The minimum atomic E-state index is -0.125. The second-order valence-electron chi connectivity index (χ2n) is 14.5. The Kier molecular flexibility index (Phi) is 6.58. The fourth-order valence-electron chi connectivity index (χ4n) is 8.74. The molecule has 1 heteroatoms. The van der Waals surface area contributed by atoms with Gasteiger partial charge in [0, 0.05) is 27.6 Å². The Labute approximate surface area is 290 Å². The highest BCUT2D eigenvalue weighted by atomic mass is 15.1. The topological polar surface area (TPSA) is 3.24 Å². The summed E-state index contributed by atoms with van der Waals surface area (Å²) < 4.78 is 0. The van der Waals surface area contributed by atoms with Crippen LogP contribution in [0.25, 0.3) is 44.5 Å². The lowest BCUT2D eigenvalue weighted by Crippen LogP contribution is -2.17. The number of rotatable bonds is 5. The number of nitrogens with zero attached hydrogens (tertiary/aromatic N) is 1. The zero-order chi connectivity index (χ0) is 33.3. The van der Waals surface area contributed by atoms with Gasteiger partial charge in [0.05, 0.1) is 11.4 Å². The Bertz CT molecular complexity index is 2390. The lowest BCUT2D eigenvalue weighted by Gasteiger charge is -2.31. The van der Waals surface area contributed by atoms with Crippen LogP contribution in [0.3, 0.4) is 0 Å². The van der Waals surface area contributed by atoms with Crippen molar-refractivity contribution in [2.24, 2.45) is 0 Å². The number of hydrogen-bond acceptors (Lipinski definition) is 1. The van der Waals surface area contributed by atoms with Crippen LogP contribution < -0.4 is 4.90 Å². The van der Waals surface area contributed by atoms with Gasteiger partial charge in [-0.25, -0.2) is 0 Å². The Hall–Kier alpha value is -5.66. The molecule has 1 nitrogen and oxygen atoms in total. The summed E-state index contributed by atoms with van der Waals surface area (Å²) >= 11 is 0. The van der Waals surface area contributed by atoms with Gasteiger partial charge in [-0.1, -0.05) is 161 Å². The molecule has 0 saturated heterocycles. The van der Waals surface area contributed by atoms with Crippen molar-refractivity contribution in [3.05, 3.63) is 186 Å². The molecule has 9 rings (SSSR count). The smallest absolute Gasteiger partial charge is 0.0540 e. The van der Waals surface area contributed by atoms with Gasteiger partial charge in [0.15, 0.2) is 0 Å². The Balaban J connectivity index is 1.25. The Morgan fingerprint density at radius 1 is 0.347 bits per heavy atom. The molecule has 0 spiro atoms. The molecule has 2 aliphatic carbocycles. The summed E-state index contributed by atoms with van der Waals surface area (Å²) in [5.41, 5.74) is 19.1. The molecule has 0 heterocycles. The van der Waals surface area contributed by atoms with Crippen LogP contribution in [0, 0.1) is 0 Å². The summed E-state index contributed by atoms with van der Waals surface area (Å²) in [5, 5.41) is 0. The van der Waals surface area contributed by atoms with E-state index < -0.39 is 0 Å². The van der Waals surface area contributed by atoms with Gasteiger partial charge in [-0.05, 0) is 86.0 Å². The fraction of sp³-hybridized carbons (Fsp3) is 0.125. The van der Waals surface area contributed by atoms with Crippen molar-refractivity contribution in [2.45, 2.75) is 38.5 Å². The normalized spacial score (nSPS) is 14.4. The van der Waals surface area contributed by atoms with Crippen LogP contribution in [-0.2, 0) is 10.8 Å². The van der Waals surface area contributed by atoms with E-state index in [0.29, 0.717) is 0 Å². The molecule has 2 aliphatic rings. The zero-order valence-electron chi connectivity index (χ0n) is 28.5. The molecule has 0 bridgehead atoms. The maximum absolute atomic E-state index is 2.46. The third-order valence-electron chi connectivity index (χ3n) is 11.1. The van der Waals surface area contributed by atoms with Crippen LogP contribution in [0.5, 0.6) is 0 Å². The largest absolute Gasteiger partial charge is 0.309 e. The van der Waals surface area contributed by atoms with Crippen LogP contribution in [0.4, 0.5) is 17.1 Å². The van der Waals surface area contributed by atoms with Crippen molar-refractivity contribution in [3.8, 4) is 44.5 Å². The van der Waals surface area contributed by atoms with Crippen molar-refractivity contribution in [1.82, 2.24) is 0 Å². The third kappa shape index (κ3) is 4.39. The first-order valence-corrected chi connectivity index (χ1v) is 17.4. The highest BCUT2D eigenvalue weighted by Gasteiger charge is 2.38. The van der Waals surface area contributed by atoms with Gasteiger partial charge in [-0.3, -0.25) is 0 Å². The summed E-state index contributed by atoms with van der Waals surface area (Å²) in [7, 11) is 0. The first kappa shape index (κ1) is 29.5. The molecular formula is C48H39N. The first-order chi connectivity index (χ1) is 23.9. The Morgan fingerprint density at radius 2 is 0.816 bits per heavy atom. The average molecular weight is 630 g/mol. The number of hydrogen-bond donors (Lipinski definition) is 0. The molecule has 0 aromatic heterocycles. The predicted molar refractivity (Wildman–Crippen MR) is 207 cm³/mol. The van der Waals surface area contributed by atoms with Crippen LogP contribution in [0.2, 0.25) is 0 Å². The van der Waals surface area contributed by atoms with E-state index in [0.717, 1.165) is 17.1 Å². The van der Waals surface area contributed by atoms with Gasteiger partial charge < -0.3 is 4.90 Å². The molecule has 0 amide bonds.